The van der Waals surface area contributed by atoms with E-state index in [0.717, 1.165) is 43.5 Å². The lowest BCUT2D eigenvalue weighted by molar-refractivity contribution is 0.0507. The Morgan fingerprint density at radius 3 is 2.67 bits per heavy atom. The summed E-state index contributed by atoms with van der Waals surface area (Å²) in [6, 6.07) is 0.0212. The van der Waals surface area contributed by atoms with Gasteiger partial charge in [0.05, 0.1) is 6.04 Å². The highest BCUT2D eigenvalue weighted by Crippen LogP contribution is 2.12. The summed E-state index contributed by atoms with van der Waals surface area (Å²) >= 11 is 0. The Bertz CT molecular complexity index is 703. The number of amides is 1. The predicted molar refractivity (Wildman–Crippen MR) is 126 cm³/mol. The third-order valence-corrected chi connectivity index (χ3v) is 4.57. The molecule has 1 saturated heterocycles. The van der Waals surface area contributed by atoms with E-state index in [4.69, 9.17) is 14.5 Å². The number of nitrogens with one attached hydrogen (secondary N) is 2. The van der Waals surface area contributed by atoms with Gasteiger partial charge in [-0.05, 0) is 40.5 Å². The Kier molecular flexibility index (Phi) is 10.8. The zero-order valence-electron chi connectivity index (χ0n) is 18.9. The molecule has 0 bridgehead atoms. The number of aromatic nitrogens is 3. The highest BCUT2D eigenvalue weighted by molar-refractivity contribution is 14.0. The molecule has 30 heavy (non-hydrogen) atoms. The van der Waals surface area contributed by atoms with E-state index in [1.165, 1.54) is 0 Å². The topological polar surface area (TPSA) is 106 Å². The number of carbonyl (C=O) groups excluding carboxylic acids is 1. The molecule has 0 spiro atoms. The fourth-order valence-corrected chi connectivity index (χ4v) is 2.96. The summed E-state index contributed by atoms with van der Waals surface area (Å²) in [5, 5.41) is 14.6. The van der Waals surface area contributed by atoms with Gasteiger partial charge in [-0.1, -0.05) is 0 Å². The van der Waals surface area contributed by atoms with Crippen LogP contribution in [0, 0.1) is 6.92 Å². The molecule has 1 aliphatic heterocycles. The summed E-state index contributed by atoms with van der Waals surface area (Å²) in [6.07, 6.45) is 1.33. The number of aryl methyl sites for hydroxylation is 1. The SMILES string of the molecule is COCCCNC(=NCc1nnc(C)n1C)N1CCC(NC(=O)OC(C)(C)C)C1.I. The molecule has 0 saturated carbocycles. The quantitative estimate of drug-likeness (QED) is 0.237. The minimum atomic E-state index is -0.508. The van der Waals surface area contributed by atoms with Crippen molar-refractivity contribution in [3.05, 3.63) is 11.6 Å². The Balaban J connectivity index is 0.00000450. The monoisotopic (exact) mass is 537 g/mol. The molecule has 1 unspecified atom stereocenters. The normalized spacial score (nSPS) is 16.9. The number of rotatable bonds is 7. The van der Waals surface area contributed by atoms with Gasteiger partial charge in [-0.15, -0.1) is 34.2 Å². The highest BCUT2D eigenvalue weighted by atomic mass is 127. The Labute approximate surface area is 196 Å². The number of guanidine groups is 1. The van der Waals surface area contributed by atoms with Crippen LogP contribution in [0.3, 0.4) is 0 Å². The zero-order valence-corrected chi connectivity index (χ0v) is 21.2. The van der Waals surface area contributed by atoms with Crippen LogP contribution in [0.1, 0.15) is 45.3 Å². The Hall–Kier alpha value is -1.63. The highest BCUT2D eigenvalue weighted by Gasteiger charge is 2.28. The van der Waals surface area contributed by atoms with Gasteiger partial charge in [0.25, 0.3) is 0 Å². The Morgan fingerprint density at radius 1 is 1.33 bits per heavy atom. The minimum Gasteiger partial charge on any atom is -0.444 e. The second-order valence-electron chi connectivity index (χ2n) is 8.21. The average molecular weight is 537 g/mol. The molecule has 11 heteroatoms. The van der Waals surface area contributed by atoms with Crippen molar-refractivity contribution in [3.8, 4) is 0 Å². The van der Waals surface area contributed by atoms with E-state index < -0.39 is 5.60 Å². The number of nitrogens with zero attached hydrogens (tertiary/aromatic N) is 5. The van der Waals surface area contributed by atoms with Crippen LogP contribution in [0.25, 0.3) is 0 Å². The number of halogens is 1. The second-order valence-corrected chi connectivity index (χ2v) is 8.21. The molecule has 2 N–H and O–H groups in total. The summed E-state index contributed by atoms with van der Waals surface area (Å²) in [5.74, 6) is 2.46. The molecule has 172 valence electrons. The van der Waals surface area contributed by atoms with Crippen molar-refractivity contribution in [3.63, 3.8) is 0 Å². The average Bonchev–Trinajstić information content (AvgIpc) is 3.20. The zero-order chi connectivity index (χ0) is 21.4. The molecular weight excluding hydrogens is 501 g/mol. The van der Waals surface area contributed by atoms with Crippen LogP contribution < -0.4 is 10.6 Å². The van der Waals surface area contributed by atoms with Gasteiger partial charge in [0.2, 0.25) is 0 Å². The first-order valence-corrected chi connectivity index (χ1v) is 10.1. The molecule has 1 atom stereocenters. The maximum Gasteiger partial charge on any atom is 0.407 e. The summed E-state index contributed by atoms with van der Waals surface area (Å²) < 4.78 is 12.4. The number of hydrogen-bond donors (Lipinski definition) is 2. The molecule has 0 aliphatic carbocycles. The summed E-state index contributed by atoms with van der Waals surface area (Å²) in [4.78, 5) is 19.0. The third-order valence-electron chi connectivity index (χ3n) is 4.57. The third kappa shape index (κ3) is 8.62. The first-order valence-electron chi connectivity index (χ1n) is 10.1. The van der Waals surface area contributed by atoms with E-state index in [1.54, 1.807) is 7.11 Å². The van der Waals surface area contributed by atoms with Gasteiger partial charge in [0.1, 0.15) is 18.0 Å². The molecule has 10 nitrogen and oxygen atoms in total. The van der Waals surface area contributed by atoms with Crippen molar-refractivity contribution in [2.75, 3.05) is 33.4 Å². The van der Waals surface area contributed by atoms with Crippen molar-refractivity contribution in [1.82, 2.24) is 30.3 Å². The molecule has 1 aliphatic rings. The van der Waals surface area contributed by atoms with Gasteiger partial charge in [-0.2, -0.15) is 0 Å². The van der Waals surface area contributed by atoms with E-state index in [1.807, 2.05) is 39.3 Å². The van der Waals surface area contributed by atoms with Gasteiger partial charge in [-0.3, -0.25) is 0 Å². The lowest BCUT2D eigenvalue weighted by Crippen LogP contribution is -2.44. The number of hydrogen-bond acceptors (Lipinski definition) is 6. The van der Waals surface area contributed by atoms with Gasteiger partial charge in [-0.25, -0.2) is 9.79 Å². The van der Waals surface area contributed by atoms with Crippen LogP contribution >= 0.6 is 24.0 Å². The van der Waals surface area contributed by atoms with E-state index in [2.05, 4.69) is 25.7 Å². The van der Waals surface area contributed by atoms with Crippen LogP contribution in [0.5, 0.6) is 0 Å². The molecular formula is C19H36IN7O3. The molecule has 1 aromatic rings. The van der Waals surface area contributed by atoms with E-state index in [9.17, 15) is 4.79 Å². The molecule has 2 heterocycles. The lowest BCUT2D eigenvalue weighted by atomic mass is 10.2. The second kappa shape index (κ2) is 12.3. The van der Waals surface area contributed by atoms with Crippen molar-refractivity contribution in [2.45, 2.75) is 58.7 Å². The van der Waals surface area contributed by atoms with Crippen LogP contribution in [0.4, 0.5) is 4.79 Å². The summed E-state index contributed by atoms with van der Waals surface area (Å²) in [5.41, 5.74) is -0.508. The predicted octanol–water partition coefficient (Wildman–Crippen LogP) is 1.82. The molecule has 2 rings (SSSR count). The van der Waals surface area contributed by atoms with Gasteiger partial charge in [0.15, 0.2) is 11.8 Å². The minimum absolute atomic E-state index is 0. The first-order chi connectivity index (χ1) is 13.7. The van der Waals surface area contributed by atoms with E-state index >= 15 is 0 Å². The van der Waals surface area contributed by atoms with Crippen LogP contribution in [-0.4, -0.2) is 76.7 Å². The smallest absolute Gasteiger partial charge is 0.407 e. The van der Waals surface area contributed by atoms with Crippen molar-refractivity contribution in [1.29, 1.82) is 0 Å². The molecule has 1 fully saturated rings. The largest absolute Gasteiger partial charge is 0.444 e. The summed E-state index contributed by atoms with van der Waals surface area (Å²) in [7, 11) is 3.63. The number of methoxy groups -OCH3 is 1. The van der Waals surface area contributed by atoms with Crippen molar-refractivity contribution in [2.24, 2.45) is 12.0 Å². The number of carbonyl (C=O) groups is 1. The maximum atomic E-state index is 12.1. The first kappa shape index (κ1) is 26.4. The number of aliphatic imine (C=N–C) groups is 1. The maximum absolute atomic E-state index is 12.1. The van der Waals surface area contributed by atoms with Crippen LogP contribution in [-0.2, 0) is 23.1 Å². The van der Waals surface area contributed by atoms with Crippen molar-refractivity contribution < 1.29 is 14.3 Å². The van der Waals surface area contributed by atoms with Gasteiger partial charge in [0, 0.05) is 40.4 Å². The number of likely N-dealkylation sites (tertiary alicyclic amines) is 1. The van der Waals surface area contributed by atoms with Crippen LogP contribution in [0.15, 0.2) is 4.99 Å². The van der Waals surface area contributed by atoms with E-state index in [0.29, 0.717) is 19.7 Å². The van der Waals surface area contributed by atoms with Gasteiger partial charge < -0.3 is 29.6 Å². The molecule has 0 radical (unpaired) electrons. The number of alkyl carbamates (subject to hydrolysis) is 1. The molecule has 0 aromatic carbocycles. The fraction of sp³-hybridized carbons (Fsp3) is 0.789. The van der Waals surface area contributed by atoms with Gasteiger partial charge >= 0.3 is 6.09 Å². The van der Waals surface area contributed by atoms with E-state index in [-0.39, 0.29) is 36.1 Å². The fourth-order valence-electron chi connectivity index (χ4n) is 2.96. The van der Waals surface area contributed by atoms with Crippen molar-refractivity contribution >= 4 is 36.0 Å². The summed E-state index contributed by atoms with van der Waals surface area (Å²) in [6.45, 7) is 10.8. The standard InChI is InChI=1S/C19H35N7O3.HI/c1-14-23-24-16(25(14)5)12-21-17(20-9-7-11-28-6)26-10-8-15(13-26)22-18(27)29-19(2,3)4;/h15H,7-13H2,1-6H3,(H,20,21)(H,22,27);1H. The van der Waals surface area contributed by atoms with Crippen LogP contribution in [0.2, 0.25) is 0 Å². The molecule has 1 aromatic heterocycles. The Morgan fingerprint density at radius 2 is 2.07 bits per heavy atom. The molecule has 1 amide bonds. The number of ether oxygens (including phenoxy) is 2. The lowest BCUT2D eigenvalue weighted by Gasteiger charge is -2.23.